The number of para-hydroxylation sites is 1. The van der Waals surface area contributed by atoms with Gasteiger partial charge in [-0.2, -0.15) is 0 Å². The van der Waals surface area contributed by atoms with Crippen LogP contribution in [0.15, 0.2) is 48.5 Å². The second-order valence-electron chi connectivity index (χ2n) is 5.74. The molecule has 2 aromatic rings. The second kappa shape index (κ2) is 7.16. The van der Waals surface area contributed by atoms with Gasteiger partial charge >= 0.3 is 6.09 Å². The third kappa shape index (κ3) is 4.58. The number of amides is 1. The van der Waals surface area contributed by atoms with E-state index < -0.39 is 5.60 Å². The van der Waals surface area contributed by atoms with Gasteiger partial charge in [-0.25, -0.2) is 9.69 Å². The zero-order valence-electron chi connectivity index (χ0n) is 12.6. The molecule has 0 N–H and O–H groups in total. The molecule has 1 amide bonds. The summed E-state index contributed by atoms with van der Waals surface area (Å²) in [6.07, 6.45) is -0.377. The summed E-state index contributed by atoms with van der Waals surface area (Å²) in [4.78, 5) is 14.3. The average Bonchev–Trinajstić information content (AvgIpc) is 2.41. The largest absolute Gasteiger partial charge is 0.443 e. The Balaban J connectivity index is 2.47. The van der Waals surface area contributed by atoms with Gasteiger partial charge in [0.05, 0.1) is 11.4 Å². The molecule has 0 saturated carbocycles. The predicted octanol–water partition coefficient (Wildman–Crippen LogP) is 5.97. The number of halogens is 2. The smallest absolute Gasteiger partial charge is 0.419 e. The maximum absolute atomic E-state index is 12.7. The van der Waals surface area contributed by atoms with Crippen molar-refractivity contribution in [3.8, 4) is 0 Å². The molecule has 2 aromatic carbocycles. The molecule has 0 saturated heterocycles. The van der Waals surface area contributed by atoms with Gasteiger partial charge in [-0.05, 0) is 102 Å². The molecule has 0 fully saturated rings. The second-order valence-corrected chi connectivity index (χ2v) is 8.15. The van der Waals surface area contributed by atoms with E-state index in [1.54, 1.807) is 4.90 Å². The average molecular weight is 521 g/mol. The van der Waals surface area contributed by atoms with E-state index in [2.05, 4.69) is 45.2 Å². The first kappa shape index (κ1) is 17.5. The number of rotatable bonds is 2. The van der Waals surface area contributed by atoms with Gasteiger partial charge in [0.15, 0.2) is 0 Å². The molecule has 0 unspecified atom stereocenters. The van der Waals surface area contributed by atoms with Gasteiger partial charge in [-0.15, -0.1) is 0 Å². The van der Waals surface area contributed by atoms with Crippen LogP contribution in [0, 0.1) is 7.14 Å². The van der Waals surface area contributed by atoms with E-state index in [0.717, 1.165) is 18.5 Å². The van der Waals surface area contributed by atoms with E-state index >= 15 is 0 Å². The molecule has 0 aliphatic rings. The van der Waals surface area contributed by atoms with Gasteiger partial charge in [0.25, 0.3) is 0 Å². The van der Waals surface area contributed by atoms with Crippen LogP contribution in [0.2, 0.25) is 0 Å². The highest BCUT2D eigenvalue weighted by molar-refractivity contribution is 14.1. The quantitative estimate of drug-likeness (QED) is 0.457. The Kier molecular flexibility index (Phi) is 5.70. The fourth-order valence-electron chi connectivity index (χ4n) is 1.87. The minimum absolute atomic E-state index is 0.377. The normalized spacial score (nSPS) is 11.1. The summed E-state index contributed by atoms with van der Waals surface area (Å²) in [7, 11) is 0. The molecule has 2 rings (SSSR count). The zero-order chi connectivity index (χ0) is 16.3. The van der Waals surface area contributed by atoms with Crippen LogP contribution in [0.5, 0.6) is 0 Å². The van der Waals surface area contributed by atoms with Crippen LogP contribution >= 0.6 is 45.2 Å². The third-order valence-electron chi connectivity index (χ3n) is 2.75. The Morgan fingerprint density at radius 3 is 2.14 bits per heavy atom. The SMILES string of the molecule is CC(C)(C)OC(=O)N(c1ccc(I)cc1)c1ccccc1I. The van der Waals surface area contributed by atoms with Gasteiger partial charge in [0.2, 0.25) is 0 Å². The van der Waals surface area contributed by atoms with Gasteiger partial charge < -0.3 is 4.74 Å². The standard InChI is InChI=1S/C17H17I2NO2/c1-17(2,3)22-16(21)20(13-10-8-12(18)9-11-13)15-7-5-4-6-14(15)19/h4-11H,1-3H3. The van der Waals surface area contributed by atoms with Crippen molar-refractivity contribution in [1.82, 2.24) is 0 Å². The minimum atomic E-state index is -0.543. The van der Waals surface area contributed by atoms with E-state index in [1.807, 2.05) is 69.3 Å². The molecule has 0 aliphatic heterocycles. The van der Waals surface area contributed by atoms with Crippen LogP contribution in [-0.4, -0.2) is 11.7 Å². The van der Waals surface area contributed by atoms with Crippen LogP contribution < -0.4 is 4.90 Å². The summed E-state index contributed by atoms with van der Waals surface area (Å²) in [5, 5.41) is 0. The molecule has 3 nitrogen and oxygen atoms in total. The first-order valence-corrected chi connectivity index (χ1v) is 8.97. The van der Waals surface area contributed by atoms with Crippen molar-refractivity contribution in [1.29, 1.82) is 0 Å². The summed E-state index contributed by atoms with van der Waals surface area (Å²) in [5.74, 6) is 0. The van der Waals surface area contributed by atoms with E-state index in [0.29, 0.717) is 0 Å². The summed E-state index contributed by atoms with van der Waals surface area (Å²) in [5.41, 5.74) is 1.07. The highest BCUT2D eigenvalue weighted by Crippen LogP contribution is 2.31. The van der Waals surface area contributed by atoms with Crippen LogP contribution in [0.25, 0.3) is 0 Å². The first-order valence-electron chi connectivity index (χ1n) is 6.81. The summed E-state index contributed by atoms with van der Waals surface area (Å²) in [6.45, 7) is 5.60. The summed E-state index contributed by atoms with van der Waals surface area (Å²) < 4.78 is 7.68. The van der Waals surface area contributed by atoms with Crippen molar-refractivity contribution in [3.05, 3.63) is 55.7 Å². The number of hydrogen-bond acceptors (Lipinski definition) is 2. The van der Waals surface area contributed by atoms with Gasteiger partial charge in [0, 0.05) is 7.14 Å². The lowest BCUT2D eigenvalue weighted by Crippen LogP contribution is -2.34. The van der Waals surface area contributed by atoms with Crippen LogP contribution in [0.4, 0.5) is 16.2 Å². The first-order chi connectivity index (χ1) is 10.3. The van der Waals surface area contributed by atoms with Crippen molar-refractivity contribution < 1.29 is 9.53 Å². The molecule has 0 atom stereocenters. The highest BCUT2D eigenvalue weighted by Gasteiger charge is 2.26. The van der Waals surface area contributed by atoms with Crippen LogP contribution in [0.3, 0.4) is 0 Å². The predicted molar refractivity (Wildman–Crippen MR) is 107 cm³/mol. The topological polar surface area (TPSA) is 29.5 Å². The Morgan fingerprint density at radius 2 is 1.59 bits per heavy atom. The van der Waals surface area contributed by atoms with E-state index in [1.165, 1.54) is 0 Å². The Morgan fingerprint density at radius 1 is 1.00 bits per heavy atom. The maximum atomic E-state index is 12.7. The number of ether oxygens (including phenoxy) is 1. The van der Waals surface area contributed by atoms with Crippen LogP contribution in [0.1, 0.15) is 20.8 Å². The number of benzene rings is 2. The van der Waals surface area contributed by atoms with Gasteiger partial charge in [-0.3, -0.25) is 0 Å². The highest BCUT2D eigenvalue weighted by atomic mass is 127. The minimum Gasteiger partial charge on any atom is -0.443 e. The number of hydrogen-bond donors (Lipinski definition) is 0. The molecule has 0 heterocycles. The van der Waals surface area contributed by atoms with Crippen molar-refractivity contribution in [2.75, 3.05) is 4.90 Å². The summed E-state index contributed by atoms with van der Waals surface area (Å²) >= 11 is 4.47. The summed E-state index contributed by atoms with van der Waals surface area (Å²) in [6, 6.07) is 15.6. The number of anilines is 2. The molecular formula is C17H17I2NO2. The Hall–Kier alpha value is -0.830. The van der Waals surface area contributed by atoms with Gasteiger partial charge in [-0.1, -0.05) is 12.1 Å². The number of nitrogens with zero attached hydrogens (tertiary/aromatic N) is 1. The van der Waals surface area contributed by atoms with Crippen molar-refractivity contribution in [3.63, 3.8) is 0 Å². The molecule has 22 heavy (non-hydrogen) atoms. The van der Waals surface area contributed by atoms with Crippen LogP contribution in [-0.2, 0) is 4.74 Å². The molecule has 0 bridgehead atoms. The Bertz CT molecular complexity index is 663. The van der Waals surface area contributed by atoms with Crippen molar-refractivity contribution in [2.45, 2.75) is 26.4 Å². The molecule has 0 spiro atoms. The van der Waals surface area contributed by atoms with Crippen molar-refractivity contribution in [2.24, 2.45) is 0 Å². The fraction of sp³-hybridized carbons (Fsp3) is 0.235. The fourth-order valence-corrected chi connectivity index (χ4v) is 2.86. The van der Waals surface area contributed by atoms with Crippen molar-refractivity contribution >= 4 is 62.6 Å². The lowest BCUT2D eigenvalue weighted by molar-refractivity contribution is 0.0599. The van der Waals surface area contributed by atoms with E-state index in [-0.39, 0.29) is 6.09 Å². The molecule has 116 valence electrons. The van der Waals surface area contributed by atoms with Gasteiger partial charge in [0.1, 0.15) is 5.60 Å². The molecule has 5 heteroatoms. The lowest BCUT2D eigenvalue weighted by Gasteiger charge is -2.28. The molecule has 0 aliphatic carbocycles. The molecule has 0 radical (unpaired) electrons. The lowest BCUT2D eigenvalue weighted by atomic mass is 10.2. The Labute approximate surface area is 158 Å². The molecular weight excluding hydrogens is 504 g/mol. The zero-order valence-corrected chi connectivity index (χ0v) is 17.0. The third-order valence-corrected chi connectivity index (χ3v) is 4.39. The number of carbonyl (C=O) groups is 1. The van der Waals surface area contributed by atoms with E-state index in [4.69, 9.17) is 4.74 Å². The monoisotopic (exact) mass is 521 g/mol. The molecule has 0 aromatic heterocycles. The van der Waals surface area contributed by atoms with E-state index in [9.17, 15) is 4.79 Å². The number of carbonyl (C=O) groups excluding carboxylic acids is 1. The maximum Gasteiger partial charge on any atom is 0.419 e.